The zero-order chi connectivity index (χ0) is 26.9. The summed E-state index contributed by atoms with van der Waals surface area (Å²) in [5, 5.41) is 43.0. The Morgan fingerprint density at radius 2 is 0.944 bits per heavy atom. The molecular formula is C30H61NO5. The summed E-state index contributed by atoms with van der Waals surface area (Å²) in [6.07, 6.45) is 21.2. The number of hydrogen-bond acceptors (Lipinski definition) is 5. The van der Waals surface area contributed by atoms with Gasteiger partial charge in [-0.3, -0.25) is 4.79 Å². The van der Waals surface area contributed by atoms with Crippen molar-refractivity contribution in [1.82, 2.24) is 5.32 Å². The van der Waals surface area contributed by atoms with Gasteiger partial charge in [0.2, 0.25) is 5.91 Å². The molecule has 0 aromatic heterocycles. The topological polar surface area (TPSA) is 110 Å². The first-order valence-electron chi connectivity index (χ1n) is 15.4. The first-order valence-corrected chi connectivity index (χ1v) is 15.4. The van der Waals surface area contributed by atoms with E-state index in [0.717, 1.165) is 38.5 Å². The van der Waals surface area contributed by atoms with Crippen LogP contribution in [0.4, 0.5) is 0 Å². The van der Waals surface area contributed by atoms with Gasteiger partial charge in [0.1, 0.15) is 12.2 Å². The van der Waals surface area contributed by atoms with Crippen molar-refractivity contribution in [1.29, 1.82) is 0 Å². The Morgan fingerprint density at radius 1 is 0.583 bits per heavy atom. The fourth-order valence-corrected chi connectivity index (χ4v) is 4.75. The molecule has 6 nitrogen and oxygen atoms in total. The van der Waals surface area contributed by atoms with Gasteiger partial charge < -0.3 is 25.7 Å². The maximum absolute atomic E-state index is 12.3. The molecule has 0 aliphatic heterocycles. The van der Waals surface area contributed by atoms with Gasteiger partial charge in [0.05, 0.1) is 18.8 Å². The van der Waals surface area contributed by atoms with Crippen molar-refractivity contribution in [2.75, 3.05) is 6.61 Å². The minimum atomic E-state index is -1.25. The molecular weight excluding hydrogens is 454 g/mol. The Hall–Kier alpha value is -0.690. The molecule has 0 fully saturated rings. The molecule has 0 aliphatic carbocycles. The summed E-state index contributed by atoms with van der Waals surface area (Å²) < 4.78 is 0. The van der Waals surface area contributed by atoms with Crippen LogP contribution in [-0.4, -0.2) is 57.3 Å². The van der Waals surface area contributed by atoms with Gasteiger partial charge in [0, 0.05) is 0 Å². The SMILES string of the molecule is CCCCCCCCCCCCCC(O)C(O)C(CO)NC(=O)C(O)CCCCCCCCCCC. The van der Waals surface area contributed by atoms with Crippen molar-refractivity contribution in [3.05, 3.63) is 0 Å². The number of amides is 1. The molecule has 6 heteroatoms. The number of rotatable bonds is 27. The van der Waals surface area contributed by atoms with Gasteiger partial charge in [-0.25, -0.2) is 0 Å². The quantitative estimate of drug-likeness (QED) is 0.0841. The van der Waals surface area contributed by atoms with Crippen molar-refractivity contribution < 1.29 is 25.2 Å². The zero-order valence-corrected chi connectivity index (χ0v) is 23.8. The van der Waals surface area contributed by atoms with E-state index < -0.39 is 36.9 Å². The standard InChI is InChI=1S/C30H61NO5/c1-3-5-7-9-11-13-14-16-17-19-21-23-27(33)29(35)26(25-32)31-30(36)28(34)24-22-20-18-15-12-10-8-6-4-2/h26-29,32-35H,3-25H2,1-2H3,(H,31,36). The summed E-state index contributed by atoms with van der Waals surface area (Å²) in [7, 11) is 0. The molecule has 0 heterocycles. The zero-order valence-electron chi connectivity index (χ0n) is 23.8. The number of aliphatic hydroxyl groups is 4. The van der Waals surface area contributed by atoms with Crippen LogP contribution in [0.1, 0.15) is 155 Å². The largest absolute Gasteiger partial charge is 0.394 e. The Balaban J connectivity index is 3.91. The van der Waals surface area contributed by atoms with Crippen LogP contribution in [-0.2, 0) is 4.79 Å². The van der Waals surface area contributed by atoms with Crippen molar-refractivity contribution in [2.45, 2.75) is 179 Å². The van der Waals surface area contributed by atoms with Crippen LogP contribution in [0.2, 0.25) is 0 Å². The highest BCUT2D eigenvalue weighted by molar-refractivity contribution is 5.80. The third-order valence-electron chi connectivity index (χ3n) is 7.32. The summed E-state index contributed by atoms with van der Waals surface area (Å²) >= 11 is 0. The lowest BCUT2D eigenvalue weighted by atomic mass is 9.99. The monoisotopic (exact) mass is 515 g/mol. The molecule has 0 radical (unpaired) electrons. The van der Waals surface area contributed by atoms with Gasteiger partial charge in [-0.15, -0.1) is 0 Å². The molecule has 0 saturated heterocycles. The van der Waals surface area contributed by atoms with E-state index in [1.165, 1.54) is 89.9 Å². The van der Waals surface area contributed by atoms with Crippen LogP contribution in [0.25, 0.3) is 0 Å². The third kappa shape index (κ3) is 20.4. The lowest BCUT2D eigenvalue weighted by molar-refractivity contribution is -0.132. The van der Waals surface area contributed by atoms with Crippen molar-refractivity contribution in [3.63, 3.8) is 0 Å². The summed E-state index contributed by atoms with van der Waals surface area (Å²) in [4.78, 5) is 12.3. The fraction of sp³-hybridized carbons (Fsp3) is 0.967. The molecule has 0 bridgehead atoms. The van der Waals surface area contributed by atoms with Crippen LogP contribution in [0.5, 0.6) is 0 Å². The third-order valence-corrected chi connectivity index (χ3v) is 7.32. The number of carbonyl (C=O) groups is 1. The van der Waals surface area contributed by atoms with Crippen LogP contribution in [0.15, 0.2) is 0 Å². The van der Waals surface area contributed by atoms with E-state index >= 15 is 0 Å². The lowest BCUT2D eigenvalue weighted by Gasteiger charge is -2.27. The summed E-state index contributed by atoms with van der Waals surface area (Å²) in [6, 6.07) is -0.974. The highest BCUT2D eigenvalue weighted by Crippen LogP contribution is 2.15. The van der Waals surface area contributed by atoms with Gasteiger partial charge in [-0.1, -0.05) is 142 Å². The Bertz CT molecular complexity index is 476. The number of nitrogens with one attached hydrogen (secondary N) is 1. The highest BCUT2D eigenvalue weighted by Gasteiger charge is 2.28. The number of hydrogen-bond donors (Lipinski definition) is 5. The predicted octanol–water partition coefficient (Wildman–Crippen LogP) is 6.17. The van der Waals surface area contributed by atoms with Crippen LogP contribution in [0.3, 0.4) is 0 Å². The maximum Gasteiger partial charge on any atom is 0.249 e. The van der Waals surface area contributed by atoms with Crippen LogP contribution in [0, 0.1) is 0 Å². The van der Waals surface area contributed by atoms with Crippen molar-refractivity contribution in [2.24, 2.45) is 0 Å². The molecule has 1 amide bonds. The van der Waals surface area contributed by atoms with E-state index in [-0.39, 0.29) is 0 Å². The molecule has 36 heavy (non-hydrogen) atoms. The number of unbranched alkanes of at least 4 members (excludes halogenated alkanes) is 18. The first-order chi connectivity index (χ1) is 17.5. The van der Waals surface area contributed by atoms with Gasteiger partial charge in [-0.2, -0.15) is 0 Å². The molecule has 216 valence electrons. The smallest absolute Gasteiger partial charge is 0.249 e. The van der Waals surface area contributed by atoms with E-state index in [9.17, 15) is 25.2 Å². The lowest BCUT2D eigenvalue weighted by Crippen LogP contribution is -2.53. The van der Waals surface area contributed by atoms with E-state index in [2.05, 4.69) is 19.2 Å². The normalized spacial score (nSPS) is 14.9. The van der Waals surface area contributed by atoms with Crippen molar-refractivity contribution in [3.8, 4) is 0 Å². The second-order valence-corrected chi connectivity index (χ2v) is 10.8. The minimum Gasteiger partial charge on any atom is -0.394 e. The summed E-state index contributed by atoms with van der Waals surface area (Å²) in [6.45, 7) is 3.97. The van der Waals surface area contributed by atoms with Crippen LogP contribution >= 0.6 is 0 Å². The van der Waals surface area contributed by atoms with Gasteiger partial charge in [-0.05, 0) is 12.8 Å². The first kappa shape index (κ1) is 35.3. The van der Waals surface area contributed by atoms with Gasteiger partial charge in [0.25, 0.3) is 0 Å². The van der Waals surface area contributed by atoms with Gasteiger partial charge in [0.15, 0.2) is 0 Å². The number of carbonyl (C=O) groups excluding carboxylic acids is 1. The highest BCUT2D eigenvalue weighted by atomic mass is 16.3. The molecule has 0 aromatic rings. The maximum atomic E-state index is 12.3. The Kier molecular flexibility index (Phi) is 25.4. The minimum absolute atomic E-state index is 0.372. The summed E-state index contributed by atoms with van der Waals surface area (Å²) in [5.74, 6) is -0.588. The number of aliphatic hydroxyl groups excluding tert-OH is 4. The molecule has 4 atom stereocenters. The molecule has 0 spiro atoms. The van der Waals surface area contributed by atoms with E-state index in [0.29, 0.717) is 12.8 Å². The second-order valence-electron chi connectivity index (χ2n) is 10.8. The molecule has 0 aliphatic rings. The average Bonchev–Trinajstić information content (AvgIpc) is 2.88. The Morgan fingerprint density at radius 3 is 1.33 bits per heavy atom. The van der Waals surface area contributed by atoms with E-state index in [1.807, 2.05) is 0 Å². The second kappa shape index (κ2) is 25.9. The van der Waals surface area contributed by atoms with E-state index in [1.54, 1.807) is 0 Å². The molecule has 4 unspecified atom stereocenters. The Labute approximate surface area is 222 Å². The van der Waals surface area contributed by atoms with E-state index in [4.69, 9.17) is 0 Å². The average molecular weight is 516 g/mol. The summed E-state index contributed by atoms with van der Waals surface area (Å²) in [5.41, 5.74) is 0. The predicted molar refractivity (Wildman–Crippen MR) is 150 cm³/mol. The fourth-order valence-electron chi connectivity index (χ4n) is 4.75. The molecule has 5 N–H and O–H groups in total. The van der Waals surface area contributed by atoms with Gasteiger partial charge >= 0.3 is 0 Å². The molecule has 0 saturated carbocycles. The van der Waals surface area contributed by atoms with Crippen molar-refractivity contribution >= 4 is 5.91 Å². The molecule has 0 rings (SSSR count). The molecule has 0 aromatic carbocycles. The van der Waals surface area contributed by atoms with Crippen LogP contribution < -0.4 is 5.32 Å².